The van der Waals surface area contributed by atoms with Crippen LogP contribution in [0.25, 0.3) is 0 Å². The molecule has 1 aromatic heterocycles. The minimum absolute atomic E-state index is 0.0884. The van der Waals surface area contributed by atoms with Crippen LogP contribution in [0.1, 0.15) is 42.3 Å². The largest absolute Gasteiger partial charge is 0.337 e. The molecule has 0 spiro atoms. The van der Waals surface area contributed by atoms with Crippen LogP contribution in [-0.4, -0.2) is 41.1 Å². The van der Waals surface area contributed by atoms with Gasteiger partial charge in [-0.2, -0.15) is 4.98 Å². The zero-order valence-electron chi connectivity index (χ0n) is 10.8. The summed E-state index contributed by atoms with van der Waals surface area (Å²) in [5.41, 5.74) is 0.909. The normalized spacial score (nSPS) is 18.9. The molecule has 0 radical (unpaired) electrons. The predicted molar refractivity (Wildman–Crippen MR) is 66.1 cm³/mol. The lowest BCUT2D eigenvalue weighted by Crippen LogP contribution is -2.29. The molecule has 1 amide bonds. The molecule has 0 saturated carbocycles. The van der Waals surface area contributed by atoms with E-state index in [1.165, 1.54) is 4.90 Å². The summed E-state index contributed by atoms with van der Waals surface area (Å²) in [7, 11) is 1.70. The monoisotopic (exact) mass is 250 g/mol. The van der Waals surface area contributed by atoms with Crippen molar-refractivity contribution in [3.8, 4) is 0 Å². The highest BCUT2D eigenvalue weighted by Gasteiger charge is 2.25. The Kier molecular flexibility index (Phi) is 3.76. The van der Waals surface area contributed by atoms with E-state index in [9.17, 15) is 4.79 Å². The van der Waals surface area contributed by atoms with Gasteiger partial charge in [0.25, 0.3) is 11.7 Å². The van der Waals surface area contributed by atoms with Crippen molar-refractivity contribution < 1.29 is 9.32 Å². The summed E-state index contributed by atoms with van der Waals surface area (Å²) >= 11 is 0. The van der Waals surface area contributed by atoms with Crippen LogP contribution >= 0.6 is 0 Å². The van der Waals surface area contributed by atoms with Crippen molar-refractivity contribution in [2.24, 2.45) is 0 Å². The van der Waals surface area contributed by atoms with E-state index in [1.54, 1.807) is 7.05 Å². The minimum atomic E-state index is -0.244. The van der Waals surface area contributed by atoms with Gasteiger partial charge in [0.15, 0.2) is 0 Å². The van der Waals surface area contributed by atoms with Gasteiger partial charge in [0, 0.05) is 13.6 Å². The van der Waals surface area contributed by atoms with Crippen LogP contribution in [0.3, 0.4) is 0 Å². The molecule has 98 valence electrons. The maximum Gasteiger partial charge on any atom is 0.295 e. The molecular formula is C12H18N4O2. The van der Waals surface area contributed by atoms with E-state index < -0.39 is 0 Å². The average Bonchev–Trinajstić information content (AvgIpc) is 2.97. The average molecular weight is 250 g/mol. The van der Waals surface area contributed by atoms with Gasteiger partial charge < -0.3 is 14.7 Å². The molecule has 1 N–H and O–H groups in total. The predicted octanol–water partition coefficient (Wildman–Crippen LogP) is 1.14. The zero-order chi connectivity index (χ0) is 13.1. The lowest BCUT2D eigenvalue weighted by Gasteiger charge is -2.14. The number of carbonyl (C=O) groups excluding carboxylic acids is 1. The van der Waals surface area contributed by atoms with Crippen LogP contribution in [0.4, 0.5) is 0 Å². The molecule has 0 bridgehead atoms. The van der Waals surface area contributed by atoms with Crippen LogP contribution in [0, 0.1) is 0 Å². The highest BCUT2D eigenvalue weighted by Crippen LogP contribution is 2.21. The molecule has 18 heavy (non-hydrogen) atoms. The molecule has 1 aliphatic rings. The first kappa shape index (κ1) is 12.8. The number of likely N-dealkylation sites (N-methyl/N-ethyl adjacent to an activating group) is 1. The molecule has 1 unspecified atom stereocenters. The standard InChI is InChI=1S/C12H18N4O2/c1-8(2)7-16(3)12(17)10-14-11(18-15-10)9-5-4-6-13-9/h9,13H,1,4-7H2,2-3H3. The Morgan fingerprint density at radius 1 is 1.67 bits per heavy atom. The van der Waals surface area contributed by atoms with Crippen molar-refractivity contribution in [3.63, 3.8) is 0 Å². The number of rotatable bonds is 4. The molecule has 1 saturated heterocycles. The first-order chi connectivity index (χ1) is 8.58. The van der Waals surface area contributed by atoms with E-state index in [1.807, 2.05) is 6.92 Å². The number of carbonyl (C=O) groups is 1. The molecule has 2 heterocycles. The summed E-state index contributed by atoms with van der Waals surface area (Å²) in [4.78, 5) is 17.7. The molecule has 0 aromatic carbocycles. The fraction of sp³-hybridized carbons (Fsp3) is 0.583. The second-order valence-electron chi connectivity index (χ2n) is 4.72. The summed E-state index contributed by atoms with van der Waals surface area (Å²) in [5, 5.41) is 6.99. The molecule has 6 nitrogen and oxygen atoms in total. The van der Waals surface area contributed by atoms with Gasteiger partial charge in [0.1, 0.15) is 0 Å². The summed E-state index contributed by atoms with van der Waals surface area (Å²) in [6.07, 6.45) is 2.06. The van der Waals surface area contributed by atoms with Crippen LogP contribution in [0.15, 0.2) is 16.7 Å². The lowest BCUT2D eigenvalue weighted by atomic mass is 10.2. The van der Waals surface area contributed by atoms with Crippen molar-refractivity contribution in [2.45, 2.75) is 25.8 Å². The summed E-state index contributed by atoms with van der Waals surface area (Å²) in [5.74, 6) is 0.369. The molecule has 1 aliphatic heterocycles. The summed E-state index contributed by atoms with van der Waals surface area (Å²) in [6, 6.07) is 0.0884. The van der Waals surface area contributed by atoms with Gasteiger partial charge in [-0.05, 0) is 26.3 Å². The fourth-order valence-electron chi connectivity index (χ4n) is 2.01. The topological polar surface area (TPSA) is 71.3 Å². The van der Waals surface area contributed by atoms with Gasteiger partial charge in [0.05, 0.1) is 6.04 Å². The second-order valence-corrected chi connectivity index (χ2v) is 4.72. The van der Waals surface area contributed by atoms with Crippen molar-refractivity contribution in [1.82, 2.24) is 20.4 Å². The first-order valence-electron chi connectivity index (χ1n) is 6.04. The third-order valence-corrected chi connectivity index (χ3v) is 2.85. The van der Waals surface area contributed by atoms with Crippen LogP contribution < -0.4 is 5.32 Å². The Balaban J connectivity index is 2.04. The van der Waals surface area contributed by atoms with Gasteiger partial charge in [0.2, 0.25) is 5.89 Å². The van der Waals surface area contributed by atoms with E-state index in [-0.39, 0.29) is 17.8 Å². The van der Waals surface area contributed by atoms with Gasteiger partial charge >= 0.3 is 0 Å². The van der Waals surface area contributed by atoms with E-state index in [2.05, 4.69) is 22.0 Å². The number of nitrogens with one attached hydrogen (secondary N) is 1. The number of nitrogens with zero attached hydrogens (tertiary/aromatic N) is 3. The Morgan fingerprint density at radius 2 is 2.44 bits per heavy atom. The molecule has 6 heteroatoms. The van der Waals surface area contributed by atoms with Gasteiger partial charge in [-0.1, -0.05) is 17.3 Å². The van der Waals surface area contributed by atoms with Gasteiger partial charge in [-0.25, -0.2) is 0 Å². The van der Waals surface area contributed by atoms with E-state index in [0.29, 0.717) is 12.4 Å². The van der Waals surface area contributed by atoms with Gasteiger partial charge in [-0.3, -0.25) is 4.79 Å². The van der Waals surface area contributed by atoms with E-state index in [4.69, 9.17) is 4.52 Å². The number of hydrogen-bond acceptors (Lipinski definition) is 5. The maximum atomic E-state index is 12.0. The van der Waals surface area contributed by atoms with Crippen molar-refractivity contribution in [3.05, 3.63) is 23.9 Å². The Morgan fingerprint density at radius 3 is 3.06 bits per heavy atom. The lowest BCUT2D eigenvalue weighted by molar-refractivity contribution is 0.0791. The van der Waals surface area contributed by atoms with Crippen molar-refractivity contribution in [2.75, 3.05) is 20.1 Å². The summed E-state index contributed by atoms with van der Waals surface area (Å²) in [6.45, 7) is 7.08. The molecule has 1 fully saturated rings. The van der Waals surface area contributed by atoms with Crippen molar-refractivity contribution in [1.29, 1.82) is 0 Å². The zero-order valence-corrected chi connectivity index (χ0v) is 10.8. The summed E-state index contributed by atoms with van der Waals surface area (Å²) < 4.78 is 5.13. The van der Waals surface area contributed by atoms with Gasteiger partial charge in [-0.15, -0.1) is 0 Å². The Hall–Kier alpha value is -1.69. The molecule has 1 aromatic rings. The Labute approximate surface area is 106 Å². The van der Waals surface area contributed by atoms with Crippen LogP contribution in [-0.2, 0) is 0 Å². The SMILES string of the molecule is C=C(C)CN(C)C(=O)c1noc(C2CCCN2)n1. The van der Waals surface area contributed by atoms with E-state index in [0.717, 1.165) is 25.0 Å². The fourth-order valence-corrected chi connectivity index (χ4v) is 2.01. The quantitative estimate of drug-likeness (QED) is 0.811. The van der Waals surface area contributed by atoms with Crippen molar-refractivity contribution >= 4 is 5.91 Å². The molecular weight excluding hydrogens is 232 g/mol. The highest BCUT2D eigenvalue weighted by atomic mass is 16.5. The van der Waals surface area contributed by atoms with Crippen LogP contribution in [0.5, 0.6) is 0 Å². The number of amides is 1. The number of aromatic nitrogens is 2. The third-order valence-electron chi connectivity index (χ3n) is 2.85. The molecule has 1 atom stereocenters. The third kappa shape index (κ3) is 2.76. The minimum Gasteiger partial charge on any atom is -0.337 e. The first-order valence-corrected chi connectivity index (χ1v) is 6.04. The molecule has 0 aliphatic carbocycles. The highest BCUT2D eigenvalue weighted by molar-refractivity contribution is 5.90. The number of hydrogen-bond donors (Lipinski definition) is 1. The van der Waals surface area contributed by atoms with Crippen LogP contribution in [0.2, 0.25) is 0 Å². The molecule has 2 rings (SSSR count). The van der Waals surface area contributed by atoms with E-state index >= 15 is 0 Å². The second kappa shape index (κ2) is 5.30. The smallest absolute Gasteiger partial charge is 0.295 e. The Bertz CT molecular complexity index is 449. The maximum absolute atomic E-state index is 12.0.